The van der Waals surface area contributed by atoms with Crippen molar-refractivity contribution in [1.29, 1.82) is 0 Å². The quantitative estimate of drug-likeness (QED) is 0.493. The molecule has 0 unspecified atom stereocenters. The molecule has 0 spiro atoms. The minimum atomic E-state index is 0. The zero-order valence-corrected chi connectivity index (χ0v) is 11.2. The molecule has 0 aromatic rings. The van der Waals surface area contributed by atoms with Gasteiger partial charge in [0.25, 0.3) is 0 Å². The van der Waals surface area contributed by atoms with Crippen molar-refractivity contribution in [3.05, 3.63) is 0 Å². The summed E-state index contributed by atoms with van der Waals surface area (Å²) in [7, 11) is 0. The second-order valence-electron chi connectivity index (χ2n) is 0. The molecule has 4 radical (unpaired) electrons. The first-order chi connectivity index (χ1) is 0. The minimum absolute atomic E-state index is 0. The van der Waals surface area contributed by atoms with Gasteiger partial charge in [0, 0.05) is 62.9 Å². The van der Waals surface area contributed by atoms with Crippen LogP contribution in [-0.2, 0) is 39.0 Å². The molecule has 0 amide bonds. The van der Waals surface area contributed by atoms with Gasteiger partial charge in [-0.1, -0.05) is 0 Å². The van der Waals surface area contributed by atoms with Crippen LogP contribution in [0.4, 0.5) is 0 Å². The van der Waals surface area contributed by atoms with Gasteiger partial charge in [-0.15, -0.1) is 0 Å². The Bertz CT molecular complexity index is 6.00. The Labute approximate surface area is 67.7 Å². The molecular weight excluding hydrogens is 265 g/mol. The van der Waals surface area contributed by atoms with Crippen molar-refractivity contribution in [3.63, 3.8) is 0 Å². The molecule has 0 fully saturated rings. The second-order valence-corrected chi connectivity index (χ2v) is 0. The Hall–Kier alpha value is 2.01. The predicted molar refractivity (Wildman–Crippen MR) is 9.37 cm³/mol. The van der Waals surface area contributed by atoms with Crippen LogP contribution in [0.25, 0.3) is 0 Å². The van der Waals surface area contributed by atoms with E-state index in [1.165, 1.54) is 0 Å². The van der Waals surface area contributed by atoms with Crippen molar-refractivity contribution in [3.8, 4) is 0 Å². The van der Waals surface area contributed by atoms with E-state index in [0.717, 1.165) is 0 Å². The topological polar surface area (TPSA) is 31.5 Å². The van der Waals surface area contributed by atoms with Gasteiger partial charge in [-0.05, 0) is 0 Å². The van der Waals surface area contributed by atoms with Crippen LogP contribution in [0.3, 0.4) is 0 Å². The van der Waals surface area contributed by atoms with Crippen molar-refractivity contribution in [2.24, 2.45) is 0 Å². The van der Waals surface area contributed by atoms with E-state index in [1.54, 1.807) is 0 Å². The average molecular weight is 268 g/mol. The Morgan fingerprint density at radius 2 is 0.750 bits per heavy atom. The maximum absolute atomic E-state index is 0. The monoisotopic (exact) mass is 266 g/mol. The SMILES string of the molecule is O.[Sn].[Zn].[Zn]. The molecule has 0 rings (SSSR count). The van der Waals surface area contributed by atoms with E-state index in [9.17, 15) is 0 Å². The van der Waals surface area contributed by atoms with Gasteiger partial charge in [0.05, 0.1) is 0 Å². The largest absolute Gasteiger partial charge is 0.412 e. The zero-order chi connectivity index (χ0) is 0. The molecule has 4 heteroatoms. The fraction of sp³-hybridized carbons (Fsp3) is 0. The molecular formula is H2OSnZn2. The fourth-order valence-electron chi connectivity index (χ4n) is 0. The summed E-state index contributed by atoms with van der Waals surface area (Å²) in [6.45, 7) is 0. The Morgan fingerprint density at radius 3 is 0.750 bits per heavy atom. The molecule has 0 atom stereocenters. The van der Waals surface area contributed by atoms with Gasteiger partial charge in [-0.25, -0.2) is 0 Å². The standard InChI is InChI=1S/H2O.Sn.2Zn/h1H2;;;. The Kier molecular flexibility index (Phi) is 187. The van der Waals surface area contributed by atoms with Gasteiger partial charge in [-0.2, -0.15) is 0 Å². The van der Waals surface area contributed by atoms with Crippen LogP contribution in [0.5, 0.6) is 0 Å². The van der Waals surface area contributed by atoms with Crippen LogP contribution in [0.15, 0.2) is 0 Å². The molecule has 0 saturated heterocycles. The van der Waals surface area contributed by atoms with Crippen LogP contribution in [0.1, 0.15) is 0 Å². The molecule has 0 heterocycles. The van der Waals surface area contributed by atoms with Crippen LogP contribution >= 0.6 is 0 Å². The number of hydrogen-bond donors (Lipinski definition) is 0. The van der Waals surface area contributed by atoms with Gasteiger partial charge in [0.15, 0.2) is 0 Å². The van der Waals surface area contributed by atoms with Crippen LogP contribution < -0.4 is 0 Å². The van der Waals surface area contributed by atoms with Gasteiger partial charge in [-0.3, -0.25) is 0 Å². The van der Waals surface area contributed by atoms with E-state index in [1.807, 2.05) is 0 Å². The summed E-state index contributed by atoms with van der Waals surface area (Å²) < 4.78 is 0. The summed E-state index contributed by atoms with van der Waals surface area (Å²) >= 11 is 0. The van der Waals surface area contributed by atoms with Gasteiger partial charge >= 0.3 is 0 Å². The van der Waals surface area contributed by atoms with E-state index < -0.39 is 0 Å². The maximum Gasteiger partial charge on any atom is 0 e. The molecule has 0 saturated carbocycles. The smallest absolute Gasteiger partial charge is 0 e. The molecule has 0 aliphatic carbocycles. The second kappa shape index (κ2) is 20.0. The van der Waals surface area contributed by atoms with Gasteiger partial charge in [0.2, 0.25) is 0 Å². The molecule has 0 aliphatic rings. The molecule has 2 N–H and O–H groups in total. The summed E-state index contributed by atoms with van der Waals surface area (Å²) in [5.41, 5.74) is 0. The van der Waals surface area contributed by atoms with Gasteiger partial charge in [0.1, 0.15) is 0 Å². The van der Waals surface area contributed by atoms with Crippen LogP contribution in [-0.4, -0.2) is 29.4 Å². The van der Waals surface area contributed by atoms with Crippen molar-refractivity contribution in [1.82, 2.24) is 0 Å². The first-order valence-corrected chi connectivity index (χ1v) is 0. The van der Waals surface area contributed by atoms with E-state index in [0.29, 0.717) is 0 Å². The number of rotatable bonds is 0. The molecule has 1 nitrogen and oxygen atoms in total. The summed E-state index contributed by atoms with van der Waals surface area (Å²) in [6.07, 6.45) is 0. The first-order valence-electron chi connectivity index (χ1n) is 0. The average Bonchev–Trinajstić information content (AvgIpc) is 0. The third kappa shape index (κ3) is 9.00. The predicted octanol–water partition coefficient (Wildman–Crippen LogP) is -1.21. The maximum atomic E-state index is 0. The number of hydrogen-bond acceptors (Lipinski definition) is 0. The molecule has 0 aromatic carbocycles. The first kappa shape index (κ1) is 37.4. The molecule has 0 aromatic heterocycles. The van der Waals surface area contributed by atoms with Crippen molar-refractivity contribution < 1.29 is 44.4 Å². The molecule has 0 aliphatic heterocycles. The summed E-state index contributed by atoms with van der Waals surface area (Å²) in [5, 5.41) is 0. The normalized spacial score (nSPS) is 0. The van der Waals surface area contributed by atoms with Crippen molar-refractivity contribution in [2.45, 2.75) is 0 Å². The summed E-state index contributed by atoms with van der Waals surface area (Å²) in [6, 6.07) is 0. The van der Waals surface area contributed by atoms with Crippen molar-refractivity contribution in [2.75, 3.05) is 0 Å². The van der Waals surface area contributed by atoms with E-state index in [-0.39, 0.29) is 68.3 Å². The summed E-state index contributed by atoms with van der Waals surface area (Å²) in [4.78, 5) is 0. The Morgan fingerprint density at radius 1 is 0.750 bits per heavy atom. The van der Waals surface area contributed by atoms with Crippen LogP contribution in [0.2, 0.25) is 0 Å². The van der Waals surface area contributed by atoms with Crippen LogP contribution in [0, 0.1) is 0 Å². The van der Waals surface area contributed by atoms with Gasteiger partial charge < -0.3 is 5.48 Å². The third-order valence-corrected chi connectivity index (χ3v) is 0. The van der Waals surface area contributed by atoms with E-state index >= 15 is 0 Å². The Balaban J connectivity index is 0. The summed E-state index contributed by atoms with van der Waals surface area (Å²) in [5.74, 6) is 0. The molecule has 0 bridgehead atoms. The van der Waals surface area contributed by atoms with E-state index in [4.69, 9.17) is 0 Å². The zero-order valence-electron chi connectivity index (χ0n) is 2.41. The molecule has 4 heavy (non-hydrogen) atoms. The minimum Gasteiger partial charge on any atom is -0.412 e. The fourth-order valence-corrected chi connectivity index (χ4v) is 0. The van der Waals surface area contributed by atoms with E-state index in [2.05, 4.69) is 0 Å². The van der Waals surface area contributed by atoms with Crippen molar-refractivity contribution >= 4 is 23.9 Å². The third-order valence-electron chi connectivity index (χ3n) is 0. The molecule has 16 valence electrons.